The first-order chi connectivity index (χ1) is 9.88. The number of pyridine rings is 1. The summed E-state index contributed by atoms with van der Waals surface area (Å²) in [4.78, 5) is 15.2. The Bertz CT molecular complexity index is 681. The van der Waals surface area contributed by atoms with E-state index in [1.165, 1.54) is 17.8 Å². The fourth-order valence-electron chi connectivity index (χ4n) is 2.17. The Balaban J connectivity index is 2.35. The summed E-state index contributed by atoms with van der Waals surface area (Å²) in [6.07, 6.45) is 1.37. The van der Waals surface area contributed by atoms with E-state index in [2.05, 4.69) is 18.8 Å². The van der Waals surface area contributed by atoms with Crippen molar-refractivity contribution in [2.24, 2.45) is 0 Å². The van der Waals surface area contributed by atoms with Gasteiger partial charge in [0, 0.05) is 0 Å². The molecule has 3 N–H and O–H groups in total. The molecule has 0 amide bonds. The van der Waals surface area contributed by atoms with E-state index >= 15 is 0 Å². The van der Waals surface area contributed by atoms with Crippen molar-refractivity contribution in [3.8, 4) is 11.6 Å². The normalized spacial score (nSPS) is 10.7. The molecule has 0 saturated heterocycles. The molecule has 1 aromatic heterocycles. The lowest BCUT2D eigenvalue weighted by Gasteiger charge is -2.13. The second kappa shape index (κ2) is 5.83. The average molecular weight is 286 g/mol. The van der Waals surface area contributed by atoms with Gasteiger partial charge in [0.1, 0.15) is 11.3 Å². The van der Waals surface area contributed by atoms with E-state index in [-0.39, 0.29) is 17.1 Å². The number of carboxylic acid groups (broad SMARTS) is 1. The fraction of sp³-hybridized carbons (Fsp3) is 0.250. The zero-order chi connectivity index (χ0) is 15.6. The fourth-order valence-corrected chi connectivity index (χ4v) is 2.17. The van der Waals surface area contributed by atoms with Crippen molar-refractivity contribution in [3.05, 3.63) is 47.2 Å². The Kier molecular flexibility index (Phi) is 4.12. The van der Waals surface area contributed by atoms with Crippen molar-refractivity contribution in [2.75, 3.05) is 5.73 Å². The topological polar surface area (TPSA) is 85.4 Å². The van der Waals surface area contributed by atoms with Gasteiger partial charge in [-0.2, -0.15) is 0 Å². The lowest BCUT2D eigenvalue weighted by molar-refractivity contribution is 0.0693. The molecule has 0 spiro atoms. The van der Waals surface area contributed by atoms with Crippen LogP contribution in [0.5, 0.6) is 11.6 Å². The van der Waals surface area contributed by atoms with Crippen LogP contribution in [-0.4, -0.2) is 16.1 Å². The largest absolute Gasteiger partial charge is 0.477 e. The van der Waals surface area contributed by atoms with Crippen LogP contribution in [-0.2, 0) is 0 Å². The first-order valence-corrected chi connectivity index (χ1v) is 6.65. The number of nitrogens with two attached hydrogens (primary N) is 1. The molecule has 5 nitrogen and oxygen atoms in total. The average Bonchev–Trinajstić information content (AvgIpc) is 2.40. The quantitative estimate of drug-likeness (QED) is 0.897. The summed E-state index contributed by atoms with van der Waals surface area (Å²) in [5.74, 6) is -0.117. The summed E-state index contributed by atoms with van der Waals surface area (Å²) in [6.45, 7) is 6.23. The third-order valence-electron chi connectivity index (χ3n) is 3.18. The monoisotopic (exact) mass is 286 g/mol. The second-order valence-corrected chi connectivity index (χ2v) is 5.20. The Labute approximate surface area is 123 Å². The molecule has 0 radical (unpaired) electrons. The maximum atomic E-state index is 11.2. The Morgan fingerprint density at radius 3 is 2.62 bits per heavy atom. The number of benzene rings is 1. The number of hydrogen-bond donors (Lipinski definition) is 2. The van der Waals surface area contributed by atoms with E-state index in [0.29, 0.717) is 11.7 Å². The number of aromatic carboxylic acids is 1. The minimum absolute atomic E-state index is 0.0356. The molecule has 1 heterocycles. The first-order valence-electron chi connectivity index (χ1n) is 6.65. The van der Waals surface area contributed by atoms with Gasteiger partial charge in [0.2, 0.25) is 5.88 Å². The van der Waals surface area contributed by atoms with Crippen LogP contribution < -0.4 is 10.5 Å². The second-order valence-electron chi connectivity index (χ2n) is 5.20. The van der Waals surface area contributed by atoms with Crippen molar-refractivity contribution in [1.29, 1.82) is 0 Å². The molecule has 0 aliphatic heterocycles. The Morgan fingerprint density at radius 2 is 2.05 bits per heavy atom. The van der Waals surface area contributed by atoms with E-state index < -0.39 is 5.97 Å². The third-order valence-corrected chi connectivity index (χ3v) is 3.18. The highest BCUT2D eigenvalue weighted by Gasteiger charge is 2.15. The zero-order valence-electron chi connectivity index (χ0n) is 12.3. The van der Waals surface area contributed by atoms with Crippen LogP contribution in [0.15, 0.2) is 30.5 Å². The van der Waals surface area contributed by atoms with Crippen molar-refractivity contribution < 1.29 is 14.6 Å². The van der Waals surface area contributed by atoms with Gasteiger partial charge in [0.05, 0.1) is 11.9 Å². The van der Waals surface area contributed by atoms with Crippen LogP contribution in [0.25, 0.3) is 0 Å². The highest BCUT2D eigenvalue weighted by Crippen LogP contribution is 2.28. The van der Waals surface area contributed by atoms with Crippen LogP contribution in [0, 0.1) is 6.92 Å². The minimum atomic E-state index is -1.12. The molecule has 5 heteroatoms. The van der Waals surface area contributed by atoms with Gasteiger partial charge in [0.25, 0.3) is 0 Å². The molecule has 1 aromatic carbocycles. The molecule has 0 aliphatic carbocycles. The molecule has 0 saturated carbocycles. The number of rotatable bonds is 4. The Morgan fingerprint density at radius 1 is 1.33 bits per heavy atom. The molecule has 2 aromatic rings. The number of carboxylic acids is 1. The van der Waals surface area contributed by atoms with Gasteiger partial charge in [-0.15, -0.1) is 0 Å². The van der Waals surface area contributed by atoms with Crippen molar-refractivity contribution in [1.82, 2.24) is 4.98 Å². The smallest absolute Gasteiger partial charge is 0.341 e. The van der Waals surface area contributed by atoms with E-state index in [0.717, 1.165) is 5.56 Å². The van der Waals surface area contributed by atoms with Crippen molar-refractivity contribution in [2.45, 2.75) is 26.7 Å². The van der Waals surface area contributed by atoms with Gasteiger partial charge in [-0.1, -0.05) is 19.9 Å². The highest BCUT2D eigenvalue weighted by molar-refractivity contribution is 5.91. The van der Waals surface area contributed by atoms with E-state index in [9.17, 15) is 4.79 Å². The number of anilines is 1. The summed E-state index contributed by atoms with van der Waals surface area (Å²) in [5, 5.41) is 9.16. The number of aryl methyl sites for hydroxylation is 1. The zero-order valence-corrected chi connectivity index (χ0v) is 12.3. The molecule has 0 fully saturated rings. The van der Waals surface area contributed by atoms with Gasteiger partial charge in [-0.25, -0.2) is 9.78 Å². The van der Waals surface area contributed by atoms with Crippen LogP contribution >= 0.6 is 0 Å². The van der Waals surface area contributed by atoms with Crippen LogP contribution in [0.1, 0.15) is 41.3 Å². The number of hydrogen-bond acceptors (Lipinski definition) is 4. The number of nitrogens with zero attached hydrogens (tertiary/aromatic N) is 1. The summed E-state index contributed by atoms with van der Waals surface area (Å²) in [6, 6.07) is 7.00. The standard InChI is InChI=1S/C16H18N2O3/c1-9(2)13-5-4-12(6-10(13)3)21-15-14(16(19)20)7-11(17)8-18-15/h4-9H,17H2,1-3H3,(H,19,20). The molecule has 0 bridgehead atoms. The van der Waals surface area contributed by atoms with Crippen LogP contribution in [0.2, 0.25) is 0 Å². The molecular formula is C16H18N2O3. The van der Waals surface area contributed by atoms with Gasteiger partial charge < -0.3 is 15.6 Å². The Hall–Kier alpha value is -2.56. The van der Waals surface area contributed by atoms with Crippen molar-refractivity contribution in [3.63, 3.8) is 0 Å². The SMILES string of the molecule is Cc1cc(Oc2ncc(N)cc2C(=O)O)ccc1C(C)C. The van der Waals surface area contributed by atoms with Crippen molar-refractivity contribution >= 4 is 11.7 Å². The first kappa shape index (κ1) is 14.8. The third kappa shape index (κ3) is 3.31. The maximum Gasteiger partial charge on any atom is 0.341 e. The van der Waals surface area contributed by atoms with E-state index in [1.54, 1.807) is 0 Å². The molecule has 0 atom stereocenters. The lowest BCUT2D eigenvalue weighted by atomic mass is 9.98. The summed E-state index contributed by atoms with van der Waals surface area (Å²) in [5.41, 5.74) is 8.10. The van der Waals surface area contributed by atoms with Gasteiger partial charge >= 0.3 is 5.97 Å². The highest BCUT2D eigenvalue weighted by atomic mass is 16.5. The van der Waals surface area contributed by atoms with Crippen LogP contribution in [0.4, 0.5) is 5.69 Å². The van der Waals surface area contributed by atoms with Gasteiger partial charge in [-0.05, 0) is 42.2 Å². The summed E-state index contributed by atoms with van der Waals surface area (Å²) in [7, 11) is 0. The molecule has 0 unspecified atom stereocenters. The lowest BCUT2D eigenvalue weighted by Crippen LogP contribution is -2.04. The number of aromatic nitrogens is 1. The molecule has 110 valence electrons. The van der Waals surface area contributed by atoms with Gasteiger partial charge in [0.15, 0.2) is 0 Å². The predicted molar refractivity (Wildman–Crippen MR) is 81.0 cm³/mol. The molecular weight excluding hydrogens is 268 g/mol. The minimum Gasteiger partial charge on any atom is -0.477 e. The molecule has 21 heavy (non-hydrogen) atoms. The predicted octanol–water partition coefficient (Wildman–Crippen LogP) is 3.59. The van der Waals surface area contributed by atoms with Gasteiger partial charge in [-0.3, -0.25) is 0 Å². The number of ether oxygens (including phenoxy) is 1. The summed E-state index contributed by atoms with van der Waals surface area (Å²) >= 11 is 0. The number of nitrogen functional groups attached to an aromatic ring is 1. The van der Waals surface area contributed by atoms with Crippen LogP contribution in [0.3, 0.4) is 0 Å². The number of carbonyl (C=O) groups is 1. The summed E-state index contributed by atoms with van der Waals surface area (Å²) < 4.78 is 5.59. The molecule has 0 aliphatic rings. The van der Waals surface area contributed by atoms with E-state index in [4.69, 9.17) is 15.6 Å². The maximum absolute atomic E-state index is 11.2. The van der Waals surface area contributed by atoms with E-state index in [1.807, 2.05) is 25.1 Å². The molecule has 2 rings (SSSR count).